The van der Waals surface area contributed by atoms with E-state index in [2.05, 4.69) is 33.3 Å². The van der Waals surface area contributed by atoms with Crippen LogP contribution >= 0.6 is 0 Å². The summed E-state index contributed by atoms with van der Waals surface area (Å²) < 4.78 is 42.6. The Morgan fingerprint density at radius 3 is 0.824 bits per heavy atom. The van der Waals surface area contributed by atoms with Crippen molar-refractivity contribution in [3.63, 3.8) is 0 Å². The molecule has 0 saturated carbocycles. The molecular weight excluding hydrogens is 400 g/mol. The van der Waals surface area contributed by atoms with E-state index in [4.69, 9.17) is 28.0 Å². The monoisotopic (exact) mass is 410 g/mol. The van der Waals surface area contributed by atoms with Crippen LogP contribution in [0.25, 0.3) is 0 Å². The Labute approximate surface area is 115 Å². The summed E-state index contributed by atoms with van der Waals surface area (Å²) >= 11 is 0. The second kappa shape index (κ2) is 110. The Balaban J connectivity index is -0.0000000242. The third-order valence-electron chi connectivity index (χ3n) is 1.08. The predicted molar refractivity (Wildman–Crippen MR) is 44.3 cm³/mol. The van der Waals surface area contributed by atoms with E-state index in [9.17, 15) is 0 Å². The molecule has 0 aromatic carbocycles. The van der Waals surface area contributed by atoms with Gasteiger partial charge in [-0.1, -0.05) is 0 Å². The molecule has 0 radical (unpaired) electrons. The Bertz CT molecular complexity index is 131. The molecule has 1 aliphatic heterocycles. The van der Waals surface area contributed by atoms with Gasteiger partial charge in [-0.25, -0.2) is 0 Å². The fourth-order valence-electron chi connectivity index (χ4n) is 0.687. The summed E-state index contributed by atoms with van der Waals surface area (Å²) in [4.78, 5) is 0. The van der Waals surface area contributed by atoms with Crippen molar-refractivity contribution in [1.29, 1.82) is 0 Å². The molecule has 1 saturated heterocycles. The first kappa shape index (κ1) is 36.0. The van der Waals surface area contributed by atoms with E-state index in [1.165, 1.54) is 19.3 Å². The van der Waals surface area contributed by atoms with Crippen molar-refractivity contribution in [2.45, 2.75) is 19.3 Å². The standard InChI is InChI=1S/C5H10O.5CO.W/c1-2-4-6-5-3-1;5*1-2;/h1-5H2;;;;;;. The largest absolute Gasteiger partial charge is 0 e. The van der Waals surface area contributed by atoms with Gasteiger partial charge in [-0.2, -0.15) is 0 Å². The van der Waals surface area contributed by atoms with Gasteiger partial charge < -0.3 is 4.74 Å². The zero-order chi connectivity index (χ0) is 14.2. The first-order valence-corrected chi connectivity index (χ1v) is 3.60. The molecule has 1 aliphatic rings. The van der Waals surface area contributed by atoms with Crippen LogP contribution in [-0.2, 0) is 49.1 Å². The Hall–Kier alpha value is -0.652. The summed E-state index contributed by atoms with van der Waals surface area (Å²) in [7, 11) is 0. The fourth-order valence-corrected chi connectivity index (χ4v) is 0.687. The minimum atomic E-state index is 0. The van der Waals surface area contributed by atoms with Gasteiger partial charge in [0.25, 0.3) is 0 Å². The molecule has 0 N–H and O–H groups in total. The van der Waals surface area contributed by atoms with Gasteiger partial charge in [-0.15, -0.1) is 0 Å². The van der Waals surface area contributed by atoms with E-state index >= 15 is 0 Å². The third kappa shape index (κ3) is 95.6. The van der Waals surface area contributed by atoms with Crippen molar-refractivity contribution in [2.24, 2.45) is 0 Å². The molecule has 1 rings (SSSR count). The maximum absolute atomic E-state index is 7.50. The second-order valence-electron chi connectivity index (χ2n) is 1.67. The van der Waals surface area contributed by atoms with Crippen LogP contribution in [0.2, 0.25) is 0 Å². The molecule has 6 nitrogen and oxygen atoms in total. The summed E-state index contributed by atoms with van der Waals surface area (Å²) in [5, 5.41) is 0. The van der Waals surface area contributed by atoms with Gasteiger partial charge in [0.1, 0.15) is 0 Å². The number of rotatable bonds is 0. The molecule has 1 fully saturated rings. The number of ether oxygens (including phenoxy) is 1. The van der Waals surface area contributed by atoms with Gasteiger partial charge in [-0.3, -0.25) is 0 Å². The normalized spacial score (nSPS) is 9.06. The average molecular weight is 410 g/mol. The van der Waals surface area contributed by atoms with Crippen LogP contribution in [0.15, 0.2) is 0 Å². The molecule has 0 spiro atoms. The Morgan fingerprint density at radius 2 is 0.765 bits per heavy atom. The van der Waals surface area contributed by atoms with Crippen molar-refractivity contribution in [2.75, 3.05) is 13.2 Å². The van der Waals surface area contributed by atoms with E-state index in [-0.39, 0.29) is 21.1 Å². The van der Waals surface area contributed by atoms with Gasteiger partial charge in [0.05, 0.1) is 0 Å². The second-order valence-corrected chi connectivity index (χ2v) is 1.67. The van der Waals surface area contributed by atoms with Crippen LogP contribution < -0.4 is 0 Å². The number of hydrogen-bond acceptors (Lipinski definition) is 1. The molecule has 92 valence electrons. The molecule has 0 atom stereocenters. The zero-order valence-corrected chi connectivity index (χ0v) is 11.8. The van der Waals surface area contributed by atoms with Gasteiger partial charge >= 0.3 is 56.5 Å². The summed E-state index contributed by atoms with van der Waals surface area (Å²) in [6.45, 7) is 24.5. The molecule has 0 aromatic heterocycles. The molecule has 7 heteroatoms. The quantitative estimate of drug-likeness (QED) is 0.431. The first-order chi connectivity index (χ1) is 8.00. The molecule has 0 aliphatic carbocycles. The van der Waals surface area contributed by atoms with Crippen LogP contribution in [0.3, 0.4) is 0 Å². The first-order valence-electron chi connectivity index (χ1n) is 3.60. The maximum atomic E-state index is 7.50. The molecular formula is C10H10O6W. The SMILES string of the molecule is C1CCOCC1.[C-]#[O+].[C-]#[O+].[C-]#[O+].[C-]#[O+].[C-]#[O+].[W]. The predicted octanol–water partition coefficient (Wildman–Crippen LogP) is 0.997. The van der Waals surface area contributed by atoms with Gasteiger partial charge in [-0.05, 0) is 19.3 Å². The third-order valence-corrected chi connectivity index (χ3v) is 1.08. The van der Waals surface area contributed by atoms with Crippen molar-refractivity contribution >= 4 is 0 Å². The molecule has 0 amide bonds. The number of hydrogen-bond donors (Lipinski definition) is 0. The summed E-state index contributed by atoms with van der Waals surface area (Å²) in [5.74, 6) is 0. The van der Waals surface area contributed by atoms with Crippen molar-refractivity contribution < 1.29 is 49.1 Å². The zero-order valence-electron chi connectivity index (χ0n) is 8.89. The topological polar surface area (TPSA) is 109 Å². The van der Waals surface area contributed by atoms with Crippen LogP contribution in [0.5, 0.6) is 0 Å². The summed E-state index contributed by atoms with van der Waals surface area (Å²) in [5.41, 5.74) is 0. The molecule has 0 aromatic rings. The van der Waals surface area contributed by atoms with Crippen LogP contribution in [-0.4, -0.2) is 13.2 Å². The van der Waals surface area contributed by atoms with Crippen LogP contribution in [0.1, 0.15) is 19.3 Å². The Kier molecular flexibility index (Phi) is 234. The minimum absolute atomic E-state index is 0. The molecule has 1 heterocycles. The van der Waals surface area contributed by atoms with Crippen molar-refractivity contribution in [3.05, 3.63) is 33.3 Å². The maximum Gasteiger partial charge on any atom is 0 e. The smallest absolute Gasteiger partial charge is 0 e. The van der Waals surface area contributed by atoms with E-state index < -0.39 is 0 Å². The molecule has 0 unspecified atom stereocenters. The van der Waals surface area contributed by atoms with Crippen LogP contribution in [0.4, 0.5) is 0 Å². The Morgan fingerprint density at radius 1 is 0.529 bits per heavy atom. The van der Waals surface area contributed by atoms with Crippen molar-refractivity contribution in [3.8, 4) is 0 Å². The summed E-state index contributed by atoms with van der Waals surface area (Å²) in [6, 6.07) is 0. The van der Waals surface area contributed by atoms with E-state index in [0.29, 0.717) is 0 Å². The van der Waals surface area contributed by atoms with E-state index in [0.717, 1.165) is 13.2 Å². The fraction of sp³-hybridized carbons (Fsp3) is 0.500. The van der Waals surface area contributed by atoms with E-state index in [1.807, 2.05) is 0 Å². The summed E-state index contributed by atoms with van der Waals surface area (Å²) in [6.07, 6.45) is 3.93. The van der Waals surface area contributed by atoms with Gasteiger partial charge in [0.15, 0.2) is 0 Å². The van der Waals surface area contributed by atoms with Gasteiger partial charge in [0.2, 0.25) is 0 Å². The van der Waals surface area contributed by atoms with Gasteiger partial charge in [0, 0.05) is 34.3 Å². The van der Waals surface area contributed by atoms with Crippen molar-refractivity contribution in [1.82, 2.24) is 0 Å². The van der Waals surface area contributed by atoms with E-state index in [1.54, 1.807) is 0 Å². The molecule has 17 heavy (non-hydrogen) atoms. The average Bonchev–Trinajstić information content (AvgIpc) is 2.51. The van der Waals surface area contributed by atoms with Crippen LogP contribution in [0, 0.1) is 33.3 Å². The minimum Gasteiger partial charge on any atom is 0 e. The molecule has 0 bridgehead atoms.